The Labute approximate surface area is 99.2 Å². The molecule has 0 fully saturated rings. The minimum Gasteiger partial charge on any atom is -0.240 e. The molecule has 72 valence electrons. The lowest BCUT2D eigenvalue weighted by Gasteiger charge is -2.05. The maximum Gasteiger partial charge on any atom is 0.0675 e. The molecular formula is C10H8Br2N2. The number of aryl methyl sites for hydroxylation is 1. The van der Waals surface area contributed by atoms with Crippen molar-refractivity contribution in [2.24, 2.45) is 0 Å². The maximum atomic E-state index is 4.23. The summed E-state index contributed by atoms with van der Waals surface area (Å²) < 4.78 is 3.93. The molecule has 0 aliphatic heterocycles. The summed E-state index contributed by atoms with van der Waals surface area (Å²) in [6, 6.07) is 6.13. The highest BCUT2D eigenvalue weighted by molar-refractivity contribution is 9.10. The third kappa shape index (κ3) is 1.91. The summed E-state index contributed by atoms with van der Waals surface area (Å²) in [4.78, 5) is 0. The quantitative estimate of drug-likeness (QED) is 0.784. The van der Waals surface area contributed by atoms with Crippen molar-refractivity contribution < 1.29 is 0 Å². The van der Waals surface area contributed by atoms with E-state index in [-0.39, 0.29) is 0 Å². The van der Waals surface area contributed by atoms with Crippen molar-refractivity contribution in [2.75, 3.05) is 0 Å². The predicted molar refractivity (Wildman–Crippen MR) is 63.7 cm³/mol. The molecule has 1 aromatic carbocycles. The number of benzene rings is 1. The number of rotatable bonds is 1. The molecule has 0 aliphatic carbocycles. The van der Waals surface area contributed by atoms with E-state index in [9.17, 15) is 0 Å². The highest BCUT2D eigenvalue weighted by atomic mass is 79.9. The highest BCUT2D eigenvalue weighted by Crippen LogP contribution is 2.20. The van der Waals surface area contributed by atoms with Gasteiger partial charge in [-0.2, -0.15) is 5.10 Å². The molecule has 2 nitrogen and oxygen atoms in total. The van der Waals surface area contributed by atoms with Crippen LogP contribution in [0.1, 0.15) is 5.56 Å². The number of nitrogens with zero attached hydrogens (tertiary/aromatic N) is 2. The average Bonchev–Trinajstić information content (AvgIpc) is 2.51. The molecular weight excluding hydrogens is 308 g/mol. The summed E-state index contributed by atoms with van der Waals surface area (Å²) in [5, 5.41) is 4.23. The van der Waals surface area contributed by atoms with Gasteiger partial charge < -0.3 is 0 Å². The second kappa shape index (κ2) is 3.87. The van der Waals surface area contributed by atoms with Gasteiger partial charge in [-0.15, -0.1) is 0 Å². The Hall–Kier alpha value is -0.610. The molecule has 0 saturated carbocycles. The Morgan fingerprint density at radius 1 is 1.21 bits per heavy atom. The zero-order valence-corrected chi connectivity index (χ0v) is 10.7. The van der Waals surface area contributed by atoms with E-state index >= 15 is 0 Å². The van der Waals surface area contributed by atoms with Crippen molar-refractivity contribution in [3.05, 3.63) is 45.1 Å². The van der Waals surface area contributed by atoms with Crippen molar-refractivity contribution in [1.82, 2.24) is 9.78 Å². The minimum absolute atomic E-state index is 0.986. The number of hydrogen-bond acceptors (Lipinski definition) is 1. The lowest BCUT2D eigenvalue weighted by Crippen LogP contribution is -1.96. The smallest absolute Gasteiger partial charge is 0.0675 e. The molecule has 0 aliphatic rings. The Morgan fingerprint density at radius 2 is 2.00 bits per heavy atom. The van der Waals surface area contributed by atoms with Crippen molar-refractivity contribution in [3.8, 4) is 5.69 Å². The van der Waals surface area contributed by atoms with Gasteiger partial charge in [0.25, 0.3) is 0 Å². The van der Waals surface area contributed by atoms with Gasteiger partial charge in [0.15, 0.2) is 0 Å². The van der Waals surface area contributed by atoms with E-state index < -0.39 is 0 Å². The Balaban J connectivity index is 2.52. The number of aromatic nitrogens is 2. The SMILES string of the molecule is Cc1cc(Br)ccc1-n1cc(Br)cn1. The third-order valence-corrected chi connectivity index (χ3v) is 2.86. The fourth-order valence-corrected chi connectivity index (χ4v) is 2.07. The second-order valence-corrected chi connectivity index (χ2v) is 4.87. The molecule has 0 atom stereocenters. The molecule has 4 heteroatoms. The molecule has 2 aromatic rings. The van der Waals surface area contributed by atoms with E-state index in [1.165, 1.54) is 5.56 Å². The Morgan fingerprint density at radius 3 is 2.57 bits per heavy atom. The third-order valence-electron chi connectivity index (χ3n) is 1.96. The normalized spacial score (nSPS) is 10.5. The highest BCUT2D eigenvalue weighted by Gasteiger charge is 2.02. The second-order valence-electron chi connectivity index (χ2n) is 3.03. The Bertz CT molecular complexity index is 463. The topological polar surface area (TPSA) is 17.8 Å². The van der Waals surface area contributed by atoms with E-state index in [4.69, 9.17) is 0 Å². The van der Waals surface area contributed by atoms with Crippen molar-refractivity contribution in [1.29, 1.82) is 0 Å². The summed E-state index contributed by atoms with van der Waals surface area (Å²) >= 11 is 6.81. The summed E-state index contributed by atoms with van der Waals surface area (Å²) in [6.07, 6.45) is 3.72. The summed E-state index contributed by atoms with van der Waals surface area (Å²) in [5.41, 5.74) is 2.29. The van der Waals surface area contributed by atoms with E-state index in [2.05, 4.69) is 49.9 Å². The van der Waals surface area contributed by atoms with Crippen molar-refractivity contribution in [3.63, 3.8) is 0 Å². The van der Waals surface area contributed by atoms with E-state index in [1.807, 2.05) is 23.0 Å². The lowest BCUT2D eigenvalue weighted by molar-refractivity contribution is 0.872. The molecule has 0 amide bonds. The van der Waals surface area contributed by atoms with Crippen LogP contribution in [0.25, 0.3) is 5.69 Å². The minimum atomic E-state index is 0.986. The van der Waals surface area contributed by atoms with Crippen LogP contribution >= 0.6 is 31.9 Å². The standard InChI is InChI=1S/C10H8Br2N2/c1-7-4-8(11)2-3-10(7)14-6-9(12)5-13-14/h2-6H,1H3. The van der Waals surface area contributed by atoms with Gasteiger partial charge in [-0.25, -0.2) is 4.68 Å². The lowest BCUT2D eigenvalue weighted by atomic mass is 10.2. The monoisotopic (exact) mass is 314 g/mol. The predicted octanol–water partition coefficient (Wildman–Crippen LogP) is 3.71. The first kappa shape index (κ1) is 9.93. The number of halogens is 2. The van der Waals surface area contributed by atoms with Crippen LogP contribution < -0.4 is 0 Å². The van der Waals surface area contributed by atoms with Gasteiger partial charge in [0.2, 0.25) is 0 Å². The van der Waals surface area contributed by atoms with Gasteiger partial charge in [0.1, 0.15) is 0 Å². The van der Waals surface area contributed by atoms with Gasteiger partial charge in [0.05, 0.1) is 16.4 Å². The van der Waals surface area contributed by atoms with Gasteiger partial charge in [-0.3, -0.25) is 0 Å². The molecule has 14 heavy (non-hydrogen) atoms. The number of hydrogen-bond donors (Lipinski definition) is 0. The summed E-state index contributed by atoms with van der Waals surface area (Å²) in [5.74, 6) is 0. The van der Waals surface area contributed by atoms with E-state index in [0.717, 1.165) is 14.6 Å². The summed E-state index contributed by atoms with van der Waals surface area (Å²) in [7, 11) is 0. The molecule has 0 radical (unpaired) electrons. The fourth-order valence-electron chi connectivity index (χ4n) is 1.31. The molecule has 0 saturated heterocycles. The van der Waals surface area contributed by atoms with Crippen LogP contribution in [0.5, 0.6) is 0 Å². The summed E-state index contributed by atoms with van der Waals surface area (Å²) in [6.45, 7) is 2.07. The van der Waals surface area contributed by atoms with Crippen LogP contribution in [0.2, 0.25) is 0 Å². The molecule has 0 unspecified atom stereocenters. The van der Waals surface area contributed by atoms with Gasteiger partial charge in [-0.05, 0) is 46.6 Å². The molecule has 0 N–H and O–H groups in total. The zero-order chi connectivity index (χ0) is 10.1. The zero-order valence-electron chi connectivity index (χ0n) is 7.54. The van der Waals surface area contributed by atoms with Crippen LogP contribution in [-0.4, -0.2) is 9.78 Å². The fraction of sp³-hybridized carbons (Fsp3) is 0.100. The largest absolute Gasteiger partial charge is 0.240 e. The Kier molecular flexibility index (Phi) is 2.74. The van der Waals surface area contributed by atoms with E-state index in [1.54, 1.807) is 6.20 Å². The van der Waals surface area contributed by atoms with Gasteiger partial charge in [-0.1, -0.05) is 15.9 Å². The first-order chi connectivity index (χ1) is 6.66. The molecule has 0 spiro atoms. The van der Waals surface area contributed by atoms with Crippen molar-refractivity contribution >= 4 is 31.9 Å². The van der Waals surface area contributed by atoms with Crippen LogP contribution in [0.15, 0.2) is 39.5 Å². The van der Waals surface area contributed by atoms with Crippen LogP contribution in [0.4, 0.5) is 0 Å². The van der Waals surface area contributed by atoms with Crippen LogP contribution in [0, 0.1) is 6.92 Å². The molecule has 2 rings (SSSR count). The molecule has 1 aromatic heterocycles. The maximum absolute atomic E-state index is 4.23. The van der Waals surface area contributed by atoms with Crippen LogP contribution in [0.3, 0.4) is 0 Å². The molecule has 1 heterocycles. The first-order valence-corrected chi connectivity index (χ1v) is 5.72. The first-order valence-electron chi connectivity index (χ1n) is 4.13. The molecule has 0 bridgehead atoms. The average molecular weight is 316 g/mol. The van der Waals surface area contributed by atoms with Crippen LogP contribution in [-0.2, 0) is 0 Å². The van der Waals surface area contributed by atoms with Gasteiger partial charge in [0, 0.05) is 10.7 Å². The van der Waals surface area contributed by atoms with Crippen molar-refractivity contribution in [2.45, 2.75) is 6.92 Å². The van der Waals surface area contributed by atoms with E-state index in [0.29, 0.717) is 0 Å². The van der Waals surface area contributed by atoms with Gasteiger partial charge >= 0.3 is 0 Å².